The molecule has 90 valence electrons. The van der Waals surface area contributed by atoms with Crippen molar-refractivity contribution in [3.63, 3.8) is 0 Å². The van der Waals surface area contributed by atoms with Gasteiger partial charge >= 0.3 is 0 Å². The van der Waals surface area contributed by atoms with E-state index in [1.54, 1.807) is 25.7 Å². The SMILES string of the molecule is CC1CC12C1CC3C45C(C)C(C(C6CC6)C14)C325. The lowest BCUT2D eigenvalue weighted by Gasteiger charge is -2.48. The van der Waals surface area contributed by atoms with Crippen molar-refractivity contribution in [1.82, 2.24) is 0 Å². The fourth-order valence-electron chi connectivity index (χ4n) is 10.3. The third-order valence-electron chi connectivity index (χ3n) is 9.84. The molecule has 8 fully saturated rings. The maximum Gasteiger partial charge on any atom is -0.0103 e. The Morgan fingerprint density at radius 3 is 2.47 bits per heavy atom. The molecule has 0 saturated heterocycles. The van der Waals surface area contributed by atoms with Crippen molar-refractivity contribution >= 4 is 0 Å². The van der Waals surface area contributed by atoms with E-state index >= 15 is 0 Å². The molecule has 17 heavy (non-hydrogen) atoms. The minimum absolute atomic E-state index is 0.949. The summed E-state index contributed by atoms with van der Waals surface area (Å²) in [6.07, 6.45) is 6.55. The first-order valence-corrected chi connectivity index (χ1v) is 8.24. The Balaban J connectivity index is 1.53. The van der Waals surface area contributed by atoms with Crippen molar-refractivity contribution in [3.8, 4) is 0 Å². The fraction of sp³-hybridized carbons (Fsp3) is 1.00. The molecular formula is C17H22. The van der Waals surface area contributed by atoms with Crippen LogP contribution in [-0.2, 0) is 0 Å². The highest BCUT2D eigenvalue weighted by molar-refractivity contribution is 5.58. The van der Waals surface area contributed by atoms with Crippen LogP contribution in [0.15, 0.2) is 0 Å². The largest absolute Gasteiger partial charge is 0.0619 e. The lowest BCUT2D eigenvalue weighted by atomic mass is 9.56. The van der Waals surface area contributed by atoms with Gasteiger partial charge in [0.25, 0.3) is 0 Å². The first kappa shape index (κ1) is 8.23. The van der Waals surface area contributed by atoms with Crippen LogP contribution in [0, 0.1) is 63.6 Å². The van der Waals surface area contributed by atoms with Crippen LogP contribution >= 0.6 is 0 Å². The minimum Gasteiger partial charge on any atom is -0.0619 e. The Labute approximate surface area is 104 Å². The summed E-state index contributed by atoms with van der Waals surface area (Å²) in [7, 11) is 0. The first-order chi connectivity index (χ1) is 8.24. The summed E-state index contributed by atoms with van der Waals surface area (Å²) in [5.74, 6) is 9.70. The third kappa shape index (κ3) is 0.405. The molecule has 0 aromatic carbocycles. The van der Waals surface area contributed by atoms with Gasteiger partial charge in [-0.15, -0.1) is 0 Å². The molecule has 10 atom stereocenters. The molecule has 8 rings (SSSR count). The van der Waals surface area contributed by atoms with Crippen LogP contribution in [0.25, 0.3) is 0 Å². The van der Waals surface area contributed by atoms with Gasteiger partial charge < -0.3 is 0 Å². The van der Waals surface area contributed by atoms with Crippen LogP contribution in [0.5, 0.6) is 0 Å². The summed E-state index contributed by atoms with van der Waals surface area (Å²) in [6, 6.07) is 0. The summed E-state index contributed by atoms with van der Waals surface area (Å²) < 4.78 is 0. The van der Waals surface area contributed by atoms with Crippen molar-refractivity contribution in [2.75, 3.05) is 0 Å². The summed E-state index contributed by atoms with van der Waals surface area (Å²) in [5, 5.41) is 0. The second-order valence-corrected chi connectivity index (χ2v) is 9.10. The van der Waals surface area contributed by atoms with Gasteiger partial charge in [-0.3, -0.25) is 0 Å². The van der Waals surface area contributed by atoms with Gasteiger partial charge in [-0.2, -0.15) is 0 Å². The molecular weight excluding hydrogens is 204 g/mol. The Kier molecular flexibility index (Phi) is 0.823. The predicted octanol–water partition coefficient (Wildman–Crippen LogP) is 3.57. The summed E-state index contributed by atoms with van der Waals surface area (Å²) in [4.78, 5) is 0. The van der Waals surface area contributed by atoms with Gasteiger partial charge in [0, 0.05) is 0 Å². The smallest absolute Gasteiger partial charge is 0.0103 e. The van der Waals surface area contributed by atoms with Crippen LogP contribution in [0.4, 0.5) is 0 Å². The Bertz CT molecular complexity index is 504. The lowest BCUT2D eigenvalue weighted by Crippen LogP contribution is -2.45. The van der Waals surface area contributed by atoms with E-state index in [9.17, 15) is 0 Å². The minimum atomic E-state index is 0.949. The van der Waals surface area contributed by atoms with Gasteiger partial charge in [-0.1, -0.05) is 13.8 Å². The number of hydrogen-bond acceptors (Lipinski definition) is 0. The molecule has 6 bridgehead atoms. The number of rotatable bonds is 1. The van der Waals surface area contributed by atoms with Crippen molar-refractivity contribution in [2.24, 2.45) is 63.6 Å². The van der Waals surface area contributed by atoms with Crippen LogP contribution in [-0.4, -0.2) is 0 Å². The van der Waals surface area contributed by atoms with Crippen LogP contribution < -0.4 is 0 Å². The van der Waals surface area contributed by atoms with E-state index in [1.165, 1.54) is 35.5 Å². The van der Waals surface area contributed by atoms with Crippen molar-refractivity contribution in [2.45, 2.75) is 39.5 Å². The average Bonchev–Trinajstić information content (AvgIpc) is 3.20. The zero-order valence-electron chi connectivity index (χ0n) is 10.9. The average molecular weight is 226 g/mol. The molecule has 0 aliphatic heterocycles. The van der Waals surface area contributed by atoms with E-state index in [1.807, 2.05) is 0 Å². The molecule has 3 spiro atoms. The molecule has 10 unspecified atom stereocenters. The molecule has 0 N–H and O–H groups in total. The van der Waals surface area contributed by atoms with Gasteiger partial charge in [0.05, 0.1) is 0 Å². The van der Waals surface area contributed by atoms with E-state index in [4.69, 9.17) is 0 Å². The van der Waals surface area contributed by atoms with Gasteiger partial charge in [0.15, 0.2) is 0 Å². The highest BCUT2D eigenvalue weighted by atomic mass is 15.1. The second kappa shape index (κ2) is 1.70. The van der Waals surface area contributed by atoms with E-state index in [0.717, 1.165) is 28.1 Å². The Hall–Kier alpha value is 0. The topological polar surface area (TPSA) is 0 Å². The fourth-order valence-corrected chi connectivity index (χ4v) is 10.3. The van der Waals surface area contributed by atoms with Gasteiger partial charge in [-0.05, 0) is 89.3 Å². The summed E-state index contributed by atoms with van der Waals surface area (Å²) in [6.45, 7) is 5.25. The predicted molar refractivity (Wildman–Crippen MR) is 65.0 cm³/mol. The highest BCUT2D eigenvalue weighted by Crippen LogP contribution is 3.15. The summed E-state index contributed by atoms with van der Waals surface area (Å²) in [5.41, 5.74) is 2.91. The normalized spacial score (nSPS) is 87.5. The van der Waals surface area contributed by atoms with Gasteiger partial charge in [0.2, 0.25) is 0 Å². The quantitative estimate of drug-likeness (QED) is 0.641. The van der Waals surface area contributed by atoms with E-state index < -0.39 is 0 Å². The molecule has 0 radical (unpaired) electrons. The van der Waals surface area contributed by atoms with E-state index in [2.05, 4.69) is 13.8 Å². The van der Waals surface area contributed by atoms with Crippen LogP contribution in [0.2, 0.25) is 0 Å². The van der Waals surface area contributed by atoms with Gasteiger partial charge in [-0.25, -0.2) is 0 Å². The van der Waals surface area contributed by atoms with E-state index in [-0.39, 0.29) is 0 Å². The molecule has 0 heterocycles. The van der Waals surface area contributed by atoms with Gasteiger partial charge in [0.1, 0.15) is 0 Å². The third-order valence-corrected chi connectivity index (χ3v) is 9.84. The van der Waals surface area contributed by atoms with Crippen molar-refractivity contribution in [3.05, 3.63) is 0 Å². The second-order valence-electron chi connectivity index (χ2n) is 9.10. The molecule has 8 aliphatic rings. The van der Waals surface area contributed by atoms with Crippen LogP contribution in [0.3, 0.4) is 0 Å². The molecule has 0 heteroatoms. The van der Waals surface area contributed by atoms with Crippen molar-refractivity contribution in [1.29, 1.82) is 0 Å². The zero-order chi connectivity index (χ0) is 10.9. The molecule has 0 aromatic heterocycles. The maximum absolute atomic E-state index is 2.66. The monoisotopic (exact) mass is 226 g/mol. The summed E-state index contributed by atoms with van der Waals surface area (Å²) >= 11 is 0. The molecule has 0 nitrogen and oxygen atoms in total. The molecule has 0 aromatic rings. The van der Waals surface area contributed by atoms with Crippen LogP contribution in [0.1, 0.15) is 39.5 Å². The zero-order valence-corrected chi connectivity index (χ0v) is 10.9. The molecule has 8 aliphatic carbocycles. The number of hydrogen-bond donors (Lipinski definition) is 0. The highest BCUT2D eigenvalue weighted by Gasteiger charge is 3.11. The van der Waals surface area contributed by atoms with E-state index in [0.29, 0.717) is 0 Å². The maximum atomic E-state index is 2.66. The Morgan fingerprint density at radius 2 is 1.82 bits per heavy atom. The van der Waals surface area contributed by atoms with Crippen molar-refractivity contribution < 1.29 is 0 Å². The molecule has 8 saturated carbocycles. The first-order valence-electron chi connectivity index (χ1n) is 8.24. The lowest BCUT2D eigenvalue weighted by molar-refractivity contribution is -0.0187. The standard InChI is InChI=1S/C17H22/c1-7-6-15(7)10-5-11-16-8(2)13(17(11,15)16)12(14(10)16)9-3-4-9/h7-14H,3-6H2,1-2H3. The Morgan fingerprint density at radius 1 is 1.06 bits per heavy atom. The molecule has 0 amide bonds.